The number of carbonyl (C=O) groups is 2. The molecule has 25 heavy (non-hydrogen) atoms. The number of hydrogen-bond donors (Lipinski definition) is 3. The highest BCUT2D eigenvalue weighted by atomic mass is 16.2. The van der Waals surface area contributed by atoms with Crippen LogP contribution in [0.3, 0.4) is 0 Å². The Morgan fingerprint density at radius 1 is 0.640 bits per heavy atom. The van der Waals surface area contributed by atoms with Gasteiger partial charge >= 0.3 is 0 Å². The van der Waals surface area contributed by atoms with E-state index in [1.54, 1.807) is 72.8 Å². The van der Waals surface area contributed by atoms with E-state index in [1.807, 2.05) is 6.07 Å². The maximum absolute atomic E-state index is 12.2. The van der Waals surface area contributed by atoms with Crippen LogP contribution >= 0.6 is 0 Å². The second-order valence-corrected chi connectivity index (χ2v) is 5.48. The van der Waals surface area contributed by atoms with Crippen molar-refractivity contribution in [1.29, 1.82) is 0 Å². The number of hydrogen-bond acceptors (Lipinski definition) is 3. The van der Waals surface area contributed by atoms with Crippen LogP contribution in [0, 0.1) is 0 Å². The van der Waals surface area contributed by atoms with Crippen LogP contribution in [-0.2, 0) is 0 Å². The van der Waals surface area contributed by atoms with Gasteiger partial charge < -0.3 is 16.4 Å². The number of nitrogens with one attached hydrogen (secondary N) is 2. The Morgan fingerprint density at radius 2 is 1.24 bits per heavy atom. The average molecular weight is 331 g/mol. The fraction of sp³-hybridized carbons (Fsp3) is 0. The molecule has 0 aliphatic rings. The molecule has 0 heterocycles. The topological polar surface area (TPSA) is 84.2 Å². The summed E-state index contributed by atoms with van der Waals surface area (Å²) < 4.78 is 0. The lowest BCUT2D eigenvalue weighted by Crippen LogP contribution is -2.13. The maximum atomic E-state index is 12.2. The lowest BCUT2D eigenvalue weighted by Gasteiger charge is -2.08. The van der Waals surface area contributed by atoms with Gasteiger partial charge in [-0.2, -0.15) is 0 Å². The van der Waals surface area contributed by atoms with Gasteiger partial charge in [-0.05, 0) is 54.6 Å². The van der Waals surface area contributed by atoms with E-state index in [1.165, 1.54) is 0 Å². The molecule has 5 heteroatoms. The highest BCUT2D eigenvalue weighted by molar-refractivity contribution is 6.06. The Kier molecular flexibility index (Phi) is 4.76. The summed E-state index contributed by atoms with van der Waals surface area (Å²) in [7, 11) is 0. The van der Waals surface area contributed by atoms with Crippen LogP contribution < -0.4 is 16.4 Å². The highest BCUT2D eigenvalue weighted by Gasteiger charge is 2.08. The summed E-state index contributed by atoms with van der Waals surface area (Å²) in [6.07, 6.45) is 0. The van der Waals surface area contributed by atoms with Crippen molar-refractivity contribution in [2.24, 2.45) is 0 Å². The first-order valence-electron chi connectivity index (χ1n) is 7.75. The molecule has 5 nitrogen and oxygen atoms in total. The van der Waals surface area contributed by atoms with Gasteiger partial charge in [-0.3, -0.25) is 9.59 Å². The second-order valence-electron chi connectivity index (χ2n) is 5.48. The van der Waals surface area contributed by atoms with Crippen molar-refractivity contribution < 1.29 is 9.59 Å². The lowest BCUT2D eigenvalue weighted by atomic mass is 10.1. The molecule has 0 atom stereocenters. The van der Waals surface area contributed by atoms with E-state index in [-0.39, 0.29) is 11.8 Å². The highest BCUT2D eigenvalue weighted by Crippen LogP contribution is 2.15. The smallest absolute Gasteiger partial charge is 0.255 e. The maximum Gasteiger partial charge on any atom is 0.255 e. The summed E-state index contributed by atoms with van der Waals surface area (Å²) in [5.74, 6) is -0.441. The predicted octanol–water partition coefficient (Wildman–Crippen LogP) is 3.77. The Balaban J connectivity index is 1.65. The molecule has 3 rings (SSSR count). The first kappa shape index (κ1) is 16.3. The number of nitrogens with two attached hydrogens (primary N) is 1. The molecular formula is C20H17N3O2. The third-order valence-electron chi connectivity index (χ3n) is 3.59. The number of nitrogen functional groups attached to an aromatic ring is 1. The Bertz CT molecular complexity index is 890. The van der Waals surface area contributed by atoms with Crippen LogP contribution in [0.1, 0.15) is 20.7 Å². The van der Waals surface area contributed by atoms with Crippen molar-refractivity contribution in [3.63, 3.8) is 0 Å². The summed E-state index contributed by atoms with van der Waals surface area (Å²) in [5.41, 5.74) is 8.59. The third kappa shape index (κ3) is 4.23. The first-order valence-corrected chi connectivity index (χ1v) is 7.75. The summed E-state index contributed by atoms with van der Waals surface area (Å²) in [6.45, 7) is 0. The van der Waals surface area contributed by atoms with Gasteiger partial charge in [0.05, 0.1) is 0 Å². The van der Waals surface area contributed by atoms with E-state index < -0.39 is 0 Å². The molecule has 2 amide bonds. The molecule has 0 saturated carbocycles. The van der Waals surface area contributed by atoms with Crippen LogP contribution in [0.25, 0.3) is 0 Å². The average Bonchev–Trinajstić information content (AvgIpc) is 2.63. The fourth-order valence-corrected chi connectivity index (χ4v) is 2.32. The van der Waals surface area contributed by atoms with Gasteiger partial charge in [-0.15, -0.1) is 0 Å². The molecule has 124 valence electrons. The van der Waals surface area contributed by atoms with E-state index in [0.717, 1.165) is 0 Å². The van der Waals surface area contributed by atoms with E-state index >= 15 is 0 Å². The number of anilines is 3. The monoisotopic (exact) mass is 331 g/mol. The molecule has 0 bridgehead atoms. The minimum absolute atomic E-state index is 0.197. The van der Waals surface area contributed by atoms with Gasteiger partial charge in [-0.25, -0.2) is 0 Å². The second kappa shape index (κ2) is 7.31. The quantitative estimate of drug-likeness (QED) is 0.636. The SMILES string of the molecule is Nc1cccc(NC(=O)c2ccc(NC(=O)c3ccccc3)cc2)c1. The van der Waals surface area contributed by atoms with Crippen molar-refractivity contribution in [2.45, 2.75) is 0 Å². The number of benzene rings is 3. The molecule has 0 radical (unpaired) electrons. The molecule has 0 aliphatic carbocycles. The van der Waals surface area contributed by atoms with Gasteiger partial charge in [0.25, 0.3) is 11.8 Å². The van der Waals surface area contributed by atoms with Gasteiger partial charge in [-0.1, -0.05) is 24.3 Å². The van der Waals surface area contributed by atoms with Crippen LogP contribution in [-0.4, -0.2) is 11.8 Å². The largest absolute Gasteiger partial charge is 0.399 e. The van der Waals surface area contributed by atoms with Crippen molar-refractivity contribution in [3.05, 3.63) is 90.0 Å². The zero-order valence-electron chi connectivity index (χ0n) is 13.4. The van der Waals surface area contributed by atoms with Gasteiger partial charge in [0.15, 0.2) is 0 Å². The number of amides is 2. The summed E-state index contributed by atoms with van der Waals surface area (Å²) in [4.78, 5) is 24.3. The predicted molar refractivity (Wildman–Crippen MR) is 99.6 cm³/mol. The molecule has 0 spiro atoms. The molecular weight excluding hydrogens is 314 g/mol. The van der Waals surface area contributed by atoms with E-state index in [4.69, 9.17) is 5.73 Å². The number of carbonyl (C=O) groups excluding carboxylic acids is 2. The van der Waals surface area contributed by atoms with Gasteiger partial charge in [0.1, 0.15) is 0 Å². The van der Waals surface area contributed by atoms with E-state index in [0.29, 0.717) is 28.2 Å². The van der Waals surface area contributed by atoms with Crippen LogP contribution in [0.4, 0.5) is 17.1 Å². The summed E-state index contributed by atoms with van der Waals surface area (Å²) in [6, 6.07) is 22.6. The normalized spacial score (nSPS) is 10.1. The third-order valence-corrected chi connectivity index (χ3v) is 3.59. The van der Waals surface area contributed by atoms with Gasteiger partial charge in [0, 0.05) is 28.2 Å². The molecule has 3 aromatic carbocycles. The zero-order valence-corrected chi connectivity index (χ0v) is 13.4. The Morgan fingerprint density at radius 3 is 1.88 bits per heavy atom. The summed E-state index contributed by atoms with van der Waals surface area (Å²) in [5, 5.41) is 5.57. The van der Waals surface area contributed by atoms with E-state index in [2.05, 4.69) is 10.6 Å². The lowest BCUT2D eigenvalue weighted by molar-refractivity contribution is 0.102. The molecule has 0 saturated heterocycles. The molecule has 4 N–H and O–H groups in total. The van der Waals surface area contributed by atoms with Gasteiger partial charge in [0.2, 0.25) is 0 Å². The summed E-state index contributed by atoms with van der Waals surface area (Å²) >= 11 is 0. The van der Waals surface area contributed by atoms with Crippen LogP contribution in [0.5, 0.6) is 0 Å². The minimum Gasteiger partial charge on any atom is -0.399 e. The Hall–Kier alpha value is -3.60. The van der Waals surface area contributed by atoms with Crippen LogP contribution in [0.2, 0.25) is 0 Å². The van der Waals surface area contributed by atoms with Crippen molar-refractivity contribution in [1.82, 2.24) is 0 Å². The van der Waals surface area contributed by atoms with E-state index in [9.17, 15) is 9.59 Å². The molecule has 0 unspecified atom stereocenters. The van der Waals surface area contributed by atoms with Crippen molar-refractivity contribution in [3.8, 4) is 0 Å². The molecule has 0 aliphatic heterocycles. The zero-order chi connectivity index (χ0) is 17.6. The van der Waals surface area contributed by atoms with Crippen molar-refractivity contribution >= 4 is 28.9 Å². The first-order chi connectivity index (χ1) is 12.1. The number of rotatable bonds is 4. The molecule has 0 fully saturated rings. The molecule has 3 aromatic rings. The van der Waals surface area contributed by atoms with Crippen LogP contribution in [0.15, 0.2) is 78.9 Å². The standard InChI is InChI=1S/C20H17N3O2/c21-16-7-4-8-18(13-16)23-20(25)15-9-11-17(12-10-15)22-19(24)14-5-2-1-3-6-14/h1-13H,21H2,(H,22,24)(H,23,25). The minimum atomic E-state index is -0.244. The Labute approximate surface area is 145 Å². The fourth-order valence-electron chi connectivity index (χ4n) is 2.32. The molecule has 0 aromatic heterocycles. The van der Waals surface area contributed by atoms with Crippen molar-refractivity contribution in [2.75, 3.05) is 16.4 Å².